The van der Waals surface area contributed by atoms with Crippen molar-refractivity contribution in [3.63, 3.8) is 0 Å². The molecule has 0 aliphatic carbocycles. The second-order valence-corrected chi connectivity index (χ2v) is 19.9. The molecule has 436 valence electrons. The van der Waals surface area contributed by atoms with Crippen molar-refractivity contribution in [2.75, 3.05) is 13.2 Å². The number of ether oxygens (including phenoxy) is 3. The van der Waals surface area contributed by atoms with E-state index < -0.39 is 6.10 Å². The lowest BCUT2D eigenvalue weighted by Crippen LogP contribution is -2.30. The first-order valence-corrected chi connectivity index (χ1v) is 31.1. The van der Waals surface area contributed by atoms with Crippen LogP contribution in [0, 0.1) is 0 Å². The highest BCUT2D eigenvalue weighted by molar-refractivity contribution is 5.71. The molecule has 0 bridgehead atoms. The minimum Gasteiger partial charge on any atom is -0.462 e. The lowest BCUT2D eigenvalue weighted by Gasteiger charge is -2.18. The van der Waals surface area contributed by atoms with Gasteiger partial charge in [0.25, 0.3) is 0 Å². The highest BCUT2D eigenvalue weighted by Gasteiger charge is 2.19. The van der Waals surface area contributed by atoms with Gasteiger partial charge in [0.15, 0.2) is 6.10 Å². The van der Waals surface area contributed by atoms with Crippen LogP contribution in [0.1, 0.15) is 245 Å². The van der Waals surface area contributed by atoms with Crippen molar-refractivity contribution in [1.29, 1.82) is 0 Å². The Bertz CT molecular complexity index is 1810. The maximum absolute atomic E-state index is 12.8. The van der Waals surface area contributed by atoms with Gasteiger partial charge in [0.2, 0.25) is 0 Å². The van der Waals surface area contributed by atoms with Crippen molar-refractivity contribution in [1.82, 2.24) is 0 Å². The van der Waals surface area contributed by atoms with Crippen LogP contribution in [0.4, 0.5) is 0 Å². The third-order valence-electron chi connectivity index (χ3n) is 12.5. The van der Waals surface area contributed by atoms with Crippen LogP contribution in [0.3, 0.4) is 0 Å². The first-order valence-electron chi connectivity index (χ1n) is 31.1. The number of unbranched alkanes of at least 4 members (excludes halogenated alkanes) is 15. The molecule has 0 amide bonds. The van der Waals surface area contributed by atoms with Crippen LogP contribution in [0.25, 0.3) is 0 Å². The molecular weight excluding hydrogens is 961 g/mol. The Labute approximate surface area is 479 Å². The van der Waals surface area contributed by atoms with Gasteiger partial charge in [0.05, 0.1) is 0 Å². The van der Waals surface area contributed by atoms with Crippen molar-refractivity contribution < 1.29 is 28.6 Å². The molecule has 0 aliphatic rings. The van der Waals surface area contributed by atoms with Gasteiger partial charge in [-0.25, -0.2) is 0 Å². The Morgan fingerprint density at radius 1 is 0.269 bits per heavy atom. The lowest BCUT2D eigenvalue weighted by atomic mass is 10.1. The molecule has 0 spiro atoms. The van der Waals surface area contributed by atoms with Crippen LogP contribution in [0.2, 0.25) is 0 Å². The van der Waals surface area contributed by atoms with Crippen LogP contribution in [-0.2, 0) is 28.6 Å². The molecule has 0 aromatic rings. The summed E-state index contributed by atoms with van der Waals surface area (Å²) in [6.45, 7) is 6.29. The van der Waals surface area contributed by atoms with Gasteiger partial charge < -0.3 is 14.2 Å². The molecular formula is C72H112O6. The first kappa shape index (κ1) is 72.8. The Morgan fingerprint density at radius 3 is 0.808 bits per heavy atom. The van der Waals surface area contributed by atoms with Crippen molar-refractivity contribution in [2.45, 2.75) is 252 Å². The van der Waals surface area contributed by atoms with E-state index in [-0.39, 0.29) is 37.5 Å². The van der Waals surface area contributed by atoms with E-state index in [4.69, 9.17) is 14.2 Å². The topological polar surface area (TPSA) is 78.9 Å². The van der Waals surface area contributed by atoms with E-state index in [1.807, 2.05) is 0 Å². The van der Waals surface area contributed by atoms with Gasteiger partial charge in [0, 0.05) is 19.3 Å². The highest BCUT2D eigenvalue weighted by atomic mass is 16.6. The summed E-state index contributed by atoms with van der Waals surface area (Å²) in [5.41, 5.74) is 0. The normalized spacial score (nSPS) is 13.3. The van der Waals surface area contributed by atoms with E-state index in [1.165, 1.54) is 51.4 Å². The quantitative estimate of drug-likeness (QED) is 0.0261. The van der Waals surface area contributed by atoms with Crippen LogP contribution in [-0.4, -0.2) is 37.2 Å². The average Bonchev–Trinajstić information content (AvgIpc) is 3.44. The van der Waals surface area contributed by atoms with Gasteiger partial charge >= 0.3 is 17.9 Å². The summed E-state index contributed by atoms with van der Waals surface area (Å²) in [7, 11) is 0. The smallest absolute Gasteiger partial charge is 0.306 e. The molecule has 0 saturated carbocycles. The zero-order valence-corrected chi connectivity index (χ0v) is 49.9. The molecule has 0 rings (SSSR count). The predicted octanol–water partition coefficient (Wildman–Crippen LogP) is 21.5. The van der Waals surface area contributed by atoms with Crippen molar-refractivity contribution in [2.24, 2.45) is 0 Å². The van der Waals surface area contributed by atoms with Crippen molar-refractivity contribution in [3.05, 3.63) is 170 Å². The van der Waals surface area contributed by atoms with Gasteiger partial charge in [-0.2, -0.15) is 0 Å². The van der Waals surface area contributed by atoms with Crippen LogP contribution in [0.5, 0.6) is 0 Å². The molecule has 6 nitrogen and oxygen atoms in total. The second kappa shape index (κ2) is 64.3. The summed E-state index contributed by atoms with van der Waals surface area (Å²) in [4.78, 5) is 38.0. The van der Waals surface area contributed by atoms with Crippen molar-refractivity contribution in [3.8, 4) is 0 Å². The lowest BCUT2D eigenvalue weighted by molar-refractivity contribution is -0.167. The van der Waals surface area contributed by atoms with Gasteiger partial charge in [-0.05, 0) is 135 Å². The molecule has 0 aromatic carbocycles. The number of hydrogen-bond donors (Lipinski definition) is 0. The number of allylic oxidation sites excluding steroid dienone is 28. The molecule has 6 heteroatoms. The molecule has 0 radical (unpaired) electrons. The zero-order chi connectivity index (χ0) is 56.4. The number of carbonyl (C=O) groups excluding carboxylic acids is 3. The fraction of sp³-hybridized carbons (Fsp3) is 0.569. The SMILES string of the molecule is CC/C=C\C/C=C\C/C=C\C/C=C\C/C=C\C/C=C\C/C=C\C/C=C\CCCCCCCCCCC(=O)OCC(COC(=O)CCCCCCCC)OC(=O)CCCC/C=C\C/C=C\C/C=C\C/C=C\C/C=C\C/C=C\CC. The maximum atomic E-state index is 12.8. The fourth-order valence-corrected chi connectivity index (χ4v) is 7.87. The maximum Gasteiger partial charge on any atom is 0.306 e. The molecule has 0 fully saturated rings. The Morgan fingerprint density at radius 2 is 0.500 bits per heavy atom. The van der Waals surface area contributed by atoms with E-state index >= 15 is 0 Å². The number of rotatable bonds is 54. The molecule has 0 heterocycles. The molecule has 0 aromatic heterocycles. The molecule has 78 heavy (non-hydrogen) atoms. The van der Waals surface area contributed by atoms with Crippen LogP contribution >= 0.6 is 0 Å². The minimum absolute atomic E-state index is 0.105. The number of esters is 3. The summed E-state index contributed by atoms with van der Waals surface area (Å²) in [5, 5.41) is 0. The van der Waals surface area contributed by atoms with E-state index in [0.29, 0.717) is 19.3 Å². The third-order valence-corrected chi connectivity index (χ3v) is 12.5. The zero-order valence-electron chi connectivity index (χ0n) is 49.9. The van der Waals surface area contributed by atoms with E-state index in [0.717, 1.165) is 148 Å². The summed E-state index contributed by atoms with van der Waals surface area (Å²) in [5.74, 6) is -0.976. The van der Waals surface area contributed by atoms with E-state index in [9.17, 15) is 14.4 Å². The predicted molar refractivity (Wildman–Crippen MR) is 338 cm³/mol. The molecule has 1 unspecified atom stereocenters. The standard InChI is InChI=1S/C72H112O6/c1-4-7-10-13-16-18-20-22-24-26-28-30-31-32-33-34-35-36-37-38-39-40-41-43-44-46-48-50-52-54-56-59-62-65-71(74)77-68-69(67-76-70(73)64-61-58-15-12-9-6-3)78-72(75)66-63-60-57-55-53-51-49-47-45-42-29-27-25-23-21-19-17-14-11-8-5-2/h7-8,10-11,16-19,22-25,28-30,32-33,35-36,38-39,41-43,47,49,53,55,69H,4-6,9,12-15,20-21,26-27,31,34,37,40,44-46,48,50-52,54,56-68H2,1-3H3/b10-7-,11-8-,18-16-,19-17-,24-22-,25-23-,30-28-,33-32-,36-35-,39-38-,42-29-,43-41-,49-47-,55-53-. The highest BCUT2D eigenvalue weighted by Crippen LogP contribution is 2.13. The summed E-state index contributed by atoms with van der Waals surface area (Å²) >= 11 is 0. The number of carbonyl (C=O) groups is 3. The fourth-order valence-electron chi connectivity index (χ4n) is 7.87. The first-order chi connectivity index (χ1) is 38.5. The van der Waals surface area contributed by atoms with Gasteiger partial charge in [0.1, 0.15) is 13.2 Å². The average molecular weight is 1070 g/mol. The molecule has 1 atom stereocenters. The third kappa shape index (κ3) is 61.6. The Hall–Kier alpha value is -5.23. The van der Waals surface area contributed by atoms with Gasteiger partial charge in [-0.3, -0.25) is 14.4 Å². The molecule has 0 N–H and O–H groups in total. The number of hydrogen-bond acceptors (Lipinski definition) is 6. The second-order valence-electron chi connectivity index (χ2n) is 19.9. The monoisotopic (exact) mass is 1070 g/mol. The van der Waals surface area contributed by atoms with E-state index in [2.05, 4.69) is 191 Å². The summed E-state index contributed by atoms with van der Waals surface area (Å²) in [6.07, 6.45) is 95.3. The summed E-state index contributed by atoms with van der Waals surface area (Å²) < 4.78 is 16.7. The molecule has 0 aliphatic heterocycles. The van der Waals surface area contributed by atoms with Crippen LogP contribution in [0.15, 0.2) is 170 Å². The molecule has 0 saturated heterocycles. The van der Waals surface area contributed by atoms with Crippen LogP contribution < -0.4 is 0 Å². The van der Waals surface area contributed by atoms with E-state index in [1.54, 1.807) is 0 Å². The van der Waals surface area contributed by atoms with Crippen molar-refractivity contribution >= 4 is 17.9 Å². The summed E-state index contributed by atoms with van der Waals surface area (Å²) in [6, 6.07) is 0. The minimum atomic E-state index is -0.810. The Kier molecular flexibility index (Phi) is 60.0. The largest absolute Gasteiger partial charge is 0.462 e. The van der Waals surface area contributed by atoms with Gasteiger partial charge in [-0.1, -0.05) is 262 Å². The van der Waals surface area contributed by atoms with Gasteiger partial charge in [-0.15, -0.1) is 0 Å². The Balaban J connectivity index is 4.21.